The topological polar surface area (TPSA) is 24.9 Å². The minimum absolute atomic E-state index is 0.440. The summed E-state index contributed by atoms with van der Waals surface area (Å²) >= 11 is 0. The highest BCUT2D eigenvalue weighted by atomic mass is 14.9. The van der Waals surface area contributed by atoms with E-state index in [2.05, 4.69) is 67.5 Å². The summed E-state index contributed by atoms with van der Waals surface area (Å²) in [6.07, 6.45) is 3.89. The molecule has 1 aromatic carbocycles. The van der Waals surface area contributed by atoms with Gasteiger partial charge in [0, 0.05) is 24.4 Å². The van der Waals surface area contributed by atoms with Crippen LogP contribution in [0.15, 0.2) is 48.7 Å². The van der Waals surface area contributed by atoms with Gasteiger partial charge in [-0.15, -0.1) is 0 Å². The van der Waals surface area contributed by atoms with Gasteiger partial charge in [-0.25, -0.2) is 0 Å². The molecule has 21 heavy (non-hydrogen) atoms. The van der Waals surface area contributed by atoms with Crippen molar-refractivity contribution in [3.8, 4) is 0 Å². The maximum absolute atomic E-state index is 4.44. The zero-order valence-electron chi connectivity index (χ0n) is 13.3. The second kappa shape index (κ2) is 7.94. The van der Waals surface area contributed by atoms with E-state index in [9.17, 15) is 0 Å². The van der Waals surface area contributed by atoms with Crippen molar-refractivity contribution in [1.29, 1.82) is 0 Å². The highest BCUT2D eigenvalue weighted by Crippen LogP contribution is 2.16. The van der Waals surface area contributed by atoms with Gasteiger partial charge < -0.3 is 5.32 Å². The summed E-state index contributed by atoms with van der Waals surface area (Å²) in [6, 6.07) is 15.6. The first-order valence-corrected chi connectivity index (χ1v) is 7.91. The van der Waals surface area contributed by atoms with Crippen molar-refractivity contribution >= 4 is 0 Å². The fourth-order valence-electron chi connectivity index (χ4n) is 2.60. The molecule has 1 N–H and O–H groups in total. The molecule has 1 heterocycles. The van der Waals surface area contributed by atoms with Crippen LogP contribution in [-0.2, 0) is 12.8 Å². The van der Waals surface area contributed by atoms with E-state index in [4.69, 9.17) is 0 Å². The van der Waals surface area contributed by atoms with E-state index in [0.29, 0.717) is 12.0 Å². The van der Waals surface area contributed by atoms with Crippen LogP contribution in [-0.4, -0.2) is 17.6 Å². The lowest BCUT2D eigenvalue weighted by molar-refractivity contribution is 0.516. The van der Waals surface area contributed by atoms with Gasteiger partial charge in [-0.3, -0.25) is 4.98 Å². The fraction of sp³-hybridized carbons (Fsp3) is 0.421. The zero-order valence-corrected chi connectivity index (χ0v) is 13.3. The first-order valence-electron chi connectivity index (χ1n) is 7.91. The molecule has 0 aliphatic carbocycles. The third kappa shape index (κ3) is 4.98. The summed E-state index contributed by atoms with van der Waals surface area (Å²) in [5, 5.41) is 3.58. The average molecular weight is 282 g/mol. The smallest absolute Gasteiger partial charge is 0.0419 e. The van der Waals surface area contributed by atoms with E-state index in [1.54, 1.807) is 0 Å². The Kier molecular flexibility index (Phi) is 5.94. The van der Waals surface area contributed by atoms with Gasteiger partial charge in [-0.05, 0) is 42.1 Å². The lowest BCUT2D eigenvalue weighted by Crippen LogP contribution is -2.33. The summed E-state index contributed by atoms with van der Waals surface area (Å²) in [7, 11) is 0. The highest BCUT2D eigenvalue weighted by Gasteiger charge is 2.10. The molecule has 2 nitrogen and oxygen atoms in total. The number of likely N-dealkylation sites (N-methyl/N-ethyl adjacent to an activating group) is 1. The highest BCUT2D eigenvalue weighted by molar-refractivity contribution is 5.25. The predicted molar refractivity (Wildman–Crippen MR) is 89.6 cm³/mol. The molecule has 1 unspecified atom stereocenters. The number of hydrogen-bond donors (Lipinski definition) is 1. The van der Waals surface area contributed by atoms with E-state index < -0.39 is 0 Å². The minimum atomic E-state index is 0.440. The van der Waals surface area contributed by atoms with Crippen molar-refractivity contribution in [1.82, 2.24) is 10.3 Å². The Morgan fingerprint density at radius 2 is 1.76 bits per heavy atom. The molecule has 0 saturated heterocycles. The summed E-state index contributed by atoms with van der Waals surface area (Å²) in [4.78, 5) is 4.44. The molecule has 2 heteroatoms. The van der Waals surface area contributed by atoms with Crippen molar-refractivity contribution < 1.29 is 0 Å². The van der Waals surface area contributed by atoms with Gasteiger partial charge in [0.15, 0.2) is 0 Å². The molecule has 2 aromatic rings. The Labute approximate surface area is 128 Å². The Morgan fingerprint density at radius 1 is 1.00 bits per heavy atom. The van der Waals surface area contributed by atoms with E-state index in [1.807, 2.05) is 12.3 Å². The minimum Gasteiger partial charge on any atom is -0.314 e. The summed E-state index contributed by atoms with van der Waals surface area (Å²) in [5.74, 6) is 0.595. The second-order valence-electron chi connectivity index (χ2n) is 5.88. The molecular formula is C19H26N2. The maximum atomic E-state index is 4.44. The quantitative estimate of drug-likeness (QED) is 0.831. The van der Waals surface area contributed by atoms with Crippen LogP contribution in [0.3, 0.4) is 0 Å². The maximum Gasteiger partial charge on any atom is 0.0419 e. The molecule has 0 bridgehead atoms. The normalized spacial score (nSPS) is 12.6. The second-order valence-corrected chi connectivity index (χ2v) is 5.88. The van der Waals surface area contributed by atoms with Crippen LogP contribution in [0, 0.1) is 0 Å². The predicted octanol–water partition coefficient (Wildman–Crippen LogP) is 3.97. The van der Waals surface area contributed by atoms with Crippen LogP contribution in [0.2, 0.25) is 0 Å². The summed E-state index contributed by atoms with van der Waals surface area (Å²) in [5.41, 5.74) is 3.95. The Balaban J connectivity index is 2.02. The van der Waals surface area contributed by atoms with Crippen LogP contribution >= 0.6 is 0 Å². The van der Waals surface area contributed by atoms with E-state index in [1.165, 1.54) is 11.1 Å². The average Bonchev–Trinajstić information content (AvgIpc) is 2.49. The number of aromatic nitrogens is 1. The van der Waals surface area contributed by atoms with Gasteiger partial charge in [0.05, 0.1) is 0 Å². The van der Waals surface area contributed by atoms with Crippen LogP contribution in [0.4, 0.5) is 0 Å². The number of hydrogen-bond acceptors (Lipinski definition) is 2. The number of nitrogens with one attached hydrogen (secondary N) is 1. The third-order valence-corrected chi connectivity index (χ3v) is 3.80. The Bertz CT molecular complexity index is 517. The van der Waals surface area contributed by atoms with Crippen molar-refractivity contribution in [3.63, 3.8) is 0 Å². The molecule has 112 valence electrons. The number of nitrogens with zero attached hydrogens (tertiary/aromatic N) is 1. The van der Waals surface area contributed by atoms with Gasteiger partial charge >= 0.3 is 0 Å². The number of pyridine rings is 1. The molecule has 1 aromatic heterocycles. The van der Waals surface area contributed by atoms with Gasteiger partial charge in [-0.1, -0.05) is 51.1 Å². The molecule has 0 saturated carbocycles. The third-order valence-electron chi connectivity index (χ3n) is 3.80. The van der Waals surface area contributed by atoms with Gasteiger partial charge in [0.1, 0.15) is 0 Å². The molecule has 0 aliphatic heterocycles. The van der Waals surface area contributed by atoms with E-state index >= 15 is 0 Å². The first-order chi connectivity index (χ1) is 10.2. The first kappa shape index (κ1) is 15.7. The van der Waals surface area contributed by atoms with Gasteiger partial charge in [-0.2, -0.15) is 0 Å². The van der Waals surface area contributed by atoms with Crippen molar-refractivity contribution in [2.45, 2.75) is 45.6 Å². The van der Waals surface area contributed by atoms with Crippen LogP contribution in [0.25, 0.3) is 0 Å². The zero-order chi connectivity index (χ0) is 15.1. The number of rotatable bonds is 7. The molecule has 2 rings (SSSR count). The molecule has 0 fully saturated rings. The fourth-order valence-corrected chi connectivity index (χ4v) is 2.60. The Hall–Kier alpha value is -1.67. The van der Waals surface area contributed by atoms with Crippen LogP contribution < -0.4 is 5.32 Å². The number of benzene rings is 1. The molecule has 0 spiro atoms. The molecule has 0 amide bonds. The molecule has 0 aliphatic rings. The molecule has 1 atom stereocenters. The van der Waals surface area contributed by atoms with Crippen LogP contribution in [0.5, 0.6) is 0 Å². The van der Waals surface area contributed by atoms with Gasteiger partial charge in [0.2, 0.25) is 0 Å². The van der Waals surface area contributed by atoms with Gasteiger partial charge in [0.25, 0.3) is 0 Å². The van der Waals surface area contributed by atoms with Crippen molar-refractivity contribution in [2.24, 2.45) is 0 Å². The molecule has 0 radical (unpaired) electrons. The standard InChI is InChI=1S/C19H26N2/c1-4-20-19(14-18-7-5-6-12-21-18)13-16-8-10-17(11-9-16)15(2)3/h5-12,15,19-20H,4,13-14H2,1-3H3. The molecular weight excluding hydrogens is 256 g/mol. The summed E-state index contributed by atoms with van der Waals surface area (Å²) in [6.45, 7) is 7.61. The van der Waals surface area contributed by atoms with Crippen molar-refractivity contribution in [2.75, 3.05) is 6.54 Å². The van der Waals surface area contributed by atoms with E-state index in [0.717, 1.165) is 25.1 Å². The Morgan fingerprint density at radius 3 is 2.33 bits per heavy atom. The lowest BCUT2D eigenvalue weighted by Gasteiger charge is -2.18. The lowest BCUT2D eigenvalue weighted by atomic mass is 9.97. The van der Waals surface area contributed by atoms with Crippen molar-refractivity contribution in [3.05, 3.63) is 65.5 Å². The largest absolute Gasteiger partial charge is 0.314 e. The van der Waals surface area contributed by atoms with Crippen LogP contribution in [0.1, 0.15) is 43.5 Å². The van der Waals surface area contributed by atoms with E-state index in [-0.39, 0.29) is 0 Å². The SMILES string of the molecule is CCNC(Cc1ccc(C(C)C)cc1)Cc1ccccn1. The monoisotopic (exact) mass is 282 g/mol. The summed E-state index contributed by atoms with van der Waals surface area (Å²) < 4.78 is 0.